The number of hydrogen-bond donors (Lipinski definition) is 7. The van der Waals surface area contributed by atoms with E-state index in [9.17, 15) is 33.9 Å². The van der Waals surface area contributed by atoms with E-state index in [0.717, 1.165) is 0 Å². The van der Waals surface area contributed by atoms with Crippen LogP contribution in [0.1, 0.15) is 33.1 Å². The van der Waals surface area contributed by atoms with Crippen LogP contribution in [0.15, 0.2) is 0 Å². The maximum absolute atomic E-state index is 12.6. The minimum atomic E-state index is -1.63. The first-order chi connectivity index (χ1) is 14.8. The number of amides is 3. The van der Waals surface area contributed by atoms with E-state index in [1.165, 1.54) is 11.8 Å². The highest BCUT2D eigenvalue weighted by atomic mass is 32.2. The van der Waals surface area contributed by atoms with Crippen molar-refractivity contribution >= 4 is 47.4 Å². The lowest BCUT2D eigenvalue weighted by atomic mass is 10.0. The molecule has 0 aromatic heterocycles. The normalized spacial score (nSPS) is 14.5. The average molecular weight is 479 g/mol. The molecular weight excluding hydrogens is 448 g/mol. The van der Waals surface area contributed by atoms with Gasteiger partial charge in [0.1, 0.15) is 18.1 Å². The number of nitrogens with one attached hydrogen (secondary N) is 3. The van der Waals surface area contributed by atoms with Crippen LogP contribution in [0.4, 0.5) is 0 Å². The highest BCUT2D eigenvalue weighted by molar-refractivity contribution is 7.98. The molecule has 0 aromatic carbocycles. The number of thioether (sulfide) groups is 1. The Hall–Kier alpha value is -2.87. The first kappa shape index (κ1) is 29.1. The molecule has 0 spiro atoms. The summed E-state index contributed by atoms with van der Waals surface area (Å²) in [5, 5.41) is 33.8. The quantitative estimate of drug-likeness (QED) is 0.139. The Morgan fingerprint density at radius 1 is 0.812 bits per heavy atom. The van der Waals surface area contributed by atoms with Gasteiger partial charge in [-0.2, -0.15) is 11.8 Å². The van der Waals surface area contributed by atoms with E-state index in [4.69, 9.17) is 15.9 Å². The topological polar surface area (TPSA) is 225 Å². The molecule has 0 radical (unpaired) electrons. The first-order valence-corrected chi connectivity index (χ1v) is 11.0. The van der Waals surface area contributed by atoms with Crippen LogP contribution in [0.25, 0.3) is 0 Å². The van der Waals surface area contributed by atoms with E-state index in [0.29, 0.717) is 5.75 Å². The fraction of sp³-hybridized carbons (Fsp3) is 0.667. The molecule has 182 valence electrons. The summed E-state index contributed by atoms with van der Waals surface area (Å²) in [6, 6.07) is -5.56. The van der Waals surface area contributed by atoms with Crippen LogP contribution in [-0.2, 0) is 28.8 Å². The van der Waals surface area contributed by atoms with E-state index in [1.54, 1.807) is 20.1 Å². The van der Waals surface area contributed by atoms with E-state index >= 15 is 0 Å². The molecule has 0 aromatic rings. The Bertz CT molecular complexity index is 717. The summed E-state index contributed by atoms with van der Waals surface area (Å²) >= 11 is 1.36. The van der Waals surface area contributed by atoms with Crippen LogP contribution in [0.5, 0.6) is 0 Å². The Balaban J connectivity index is 5.48. The van der Waals surface area contributed by atoms with Crippen molar-refractivity contribution in [3.05, 3.63) is 0 Å². The van der Waals surface area contributed by atoms with Gasteiger partial charge in [-0.1, -0.05) is 13.8 Å². The van der Waals surface area contributed by atoms with Crippen molar-refractivity contribution in [1.82, 2.24) is 16.0 Å². The fourth-order valence-electron chi connectivity index (χ4n) is 2.49. The molecule has 0 aliphatic carbocycles. The van der Waals surface area contributed by atoms with Crippen LogP contribution in [0.2, 0.25) is 0 Å². The summed E-state index contributed by atoms with van der Waals surface area (Å²) in [6.45, 7) is 3.18. The van der Waals surface area contributed by atoms with Gasteiger partial charge < -0.3 is 37.0 Å². The number of aliphatic carboxylic acids is 3. The van der Waals surface area contributed by atoms with Crippen molar-refractivity contribution in [2.45, 2.75) is 57.3 Å². The number of carboxylic acids is 3. The second-order valence-corrected chi connectivity index (χ2v) is 8.26. The standard InChI is InChI=1S/C18H30N4O9S/c1-8(2)14(18(30)31)22-16(28)10(4-5-32-3)20-17(29)11(7-13(25)26)21-15(27)9(19)6-12(23)24/h8-11,14H,4-7,19H2,1-3H3,(H,20,29)(H,21,27)(H,22,28)(H,23,24)(H,25,26)(H,30,31). The van der Waals surface area contributed by atoms with Crippen LogP contribution < -0.4 is 21.7 Å². The molecule has 0 aliphatic heterocycles. The predicted molar refractivity (Wildman–Crippen MR) is 114 cm³/mol. The van der Waals surface area contributed by atoms with Crippen molar-refractivity contribution in [1.29, 1.82) is 0 Å². The zero-order chi connectivity index (χ0) is 25.0. The second-order valence-electron chi connectivity index (χ2n) is 7.27. The maximum atomic E-state index is 12.6. The smallest absolute Gasteiger partial charge is 0.326 e. The van der Waals surface area contributed by atoms with E-state index in [2.05, 4.69) is 16.0 Å². The van der Waals surface area contributed by atoms with Gasteiger partial charge in [-0.05, 0) is 24.3 Å². The highest BCUT2D eigenvalue weighted by Gasteiger charge is 2.32. The lowest BCUT2D eigenvalue weighted by Crippen LogP contribution is -2.58. The van der Waals surface area contributed by atoms with Gasteiger partial charge in [0.05, 0.1) is 18.9 Å². The van der Waals surface area contributed by atoms with Crippen molar-refractivity contribution in [2.75, 3.05) is 12.0 Å². The molecule has 14 heteroatoms. The molecule has 0 heterocycles. The molecule has 0 bridgehead atoms. The number of hydrogen-bond acceptors (Lipinski definition) is 8. The Morgan fingerprint density at radius 3 is 1.75 bits per heavy atom. The Labute approximate surface area is 188 Å². The molecule has 0 saturated heterocycles. The van der Waals surface area contributed by atoms with Crippen molar-refractivity contribution in [2.24, 2.45) is 11.7 Å². The molecule has 0 aliphatic rings. The summed E-state index contributed by atoms with van der Waals surface area (Å²) < 4.78 is 0. The molecule has 4 unspecified atom stereocenters. The molecule has 0 saturated carbocycles. The molecule has 4 atom stereocenters. The monoisotopic (exact) mass is 478 g/mol. The number of carbonyl (C=O) groups is 6. The minimum absolute atomic E-state index is 0.107. The fourth-order valence-corrected chi connectivity index (χ4v) is 2.96. The summed E-state index contributed by atoms with van der Waals surface area (Å²) in [7, 11) is 0. The maximum Gasteiger partial charge on any atom is 0.326 e. The third kappa shape index (κ3) is 10.9. The van der Waals surface area contributed by atoms with Gasteiger partial charge in [0.25, 0.3) is 0 Å². The van der Waals surface area contributed by atoms with Gasteiger partial charge in [0, 0.05) is 0 Å². The molecular formula is C18H30N4O9S. The lowest BCUT2D eigenvalue weighted by molar-refractivity contribution is -0.144. The van der Waals surface area contributed by atoms with Crippen LogP contribution >= 0.6 is 11.8 Å². The molecule has 3 amide bonds. The Morgan fingerprint density at radius 2 is 1.31 bits per heavy atom. The van der Waals surface area contributed by atoms with Crippen molar-refractivity contribution < 1.29 is 44.1 Å². The molecule has 13 nitrogen and oxygen atoms in total. The Kier molecular flexibility index (Phi) is 13.0. The predicted octanol–water partition coefficient (Wildman–Crippen LogP) is -1.79. The molecule has 0 rings (SSSR count). The summed E-state index contributed by atoms with van der Waals surface area (Å²) in [4.78, 5) is 70.5. The highest BCUT2D eigenvalue weighted by Crippen LogP contribution is 2.07. The number of carboxylic acid groups (broad SMARTS) is 3. The number of nitrogens with two attached hydrogens (primary N) is 1. The number of carbonyl (C=O) groups excluding carboxylic acids is 3. The lowest BCUT2D eigenvalue weighted by Gasteiger charge is -2.25. The molecule has 8 N–H and O–H groups in total. The molecule has 0 fully saturated rings. The van der Waals surface area contributed by atoms with Gasteiger partial charge in [-0.15, -0.1) is 0 Å². The van der Waals surface area contributed by atoms with Gasteiger partial charge in [0.15, 0.2) is 0 Å². The van der Waals surface area contributed by atoms with E-state index in [-0.39, 0.29) is 6.42 Å². The van der Waals surface area contributed by atoms with E-state index in [1.807, 2.05) is 0 Å². The first-order valence-electron chi connectivity index (χ1n) is 9.62. The van der Waals surface area contributed by atoms with Gasteiger partial charge in [-0.25, -0.2) is 4.79 Å². The van der Waals surface area contributed by atoms with Crippen LogP contribution in [-0.4, -0.2) is 87.1 Å². The molecule has 32 heavy (non-hydrogen) atoms. The van der Waals surface area contributed by atoms with Crippen LogP contribution in [0, 0.1) is 5.92 Å². The second kappa shape index (κ2) is 14.2. The third-order valence-electron chi connectivity index (χ3n) is 4.22. The van der Waals surface area contributed by atoms with Crippen LogP contribution in [0.3, 0.4) is 0 Å². The largest absolute Gasteiger partial charge is 0.481 e. The SMILES string of the molecule is CSCCC(NC(=O)C(CC(=O)O)NC(=O)C(N)CC(=O)O)C(=O)NC(C(=O)O)C(C)C. The van der Waals surface area contributed by atoms with Crippen molar-refractivity contribution in [3.8, 4) is 0 Å². The van der Waals surface area contributed by atoms with Gasteiger partial charge in [0.2, 0.25) is 17.7 Å². The minimum Gasteiger partial charge on any atom is -0.481 e. The summed E-state index contributed by atoms with van der Waals surface area (Å²) in [5.41, 5.74) is 5.43. The summed E-state index contributed by atoms with van der Waals surface area (Å²) in [6.07, 6.45) is 0.271. The van der Waals surface area contributed by atoms with Gasteiger partial charge >= 0.3 is 17.9 Å². The van der Waals surface area contributed by atoms with E-state index < -0.39 is 78.6 Å². The zero-order valence-electron chi connectivity index (χ0n) is 18.0. The van der Waals surface area contributed by atoms with Crippen molar-refractivity contribution in [3.63, 3.8) is 0 Å². The summed E-state index contributed by atoms with van der Waals surface area (Å²) in [5.74, 6) is -6.93. The zero-order valence-corrected chi connectivity index (χ0v) is 18.8. The average Bonchev–Trinajstić information content (AvgIpc) is 2.66. The third-order valence-corrected chi connectivity index (χ3v) is 4.86. The van der Waals surface area contributed by atoms with Gasteiger partial charge in [-0.3, -0.25) is 24.0 Å². The number of rotatable bonds is 15.